The maximum Gasteiger partial charge on any atom is 0.337 e. The number of amides is 1. The van der Waals surface area contributed by atoms with Crippen LogP contribution in [0.1, 0.15) is 37.6 Å². The third kappa shape index (κ3) is 4.87. The molecule has 0 radical (unpaired) electrons. The molecule has 110 valence electrons. The van der Waals surface area contributed by atoms with Crippen LogP contribution in [-0.2, 0) is 4.79 Å². The summed E-state index contributed by atoms with van der Waals surface area (Å²) >= 11 is 0. The molecule has 0 atom stereocenters. The van der Waals surface area contributed by atoms with Crippen LogP contribution >= 0.6 is 0 Å². The lowest BCUT2D eigenvalue weighted by Crippen LogP contribution is -2.41. The molecule has 0 heterocycles. The Bertz CT molecular complexity index is 510. The van der Waals surface area contributed by atoms with Crippen LogP contribution in [0.5, 0.6) is 0 Å². The fourth-order valence-corrected chi connectivity index (χ4v) is 1.66. The number of anilines is 1. The van der Waals surface area contributed by atoms with Crippen molar-refractivity contribution in [3.05, 3.63) is 29.6 Å². The van der Waals surface area contributed by atoms with Crippen LogP contribution < -0.4 is 10.6 Å². The molecule has 0 aliphatic carbocycles. The van der Waals surface area contributed by atoms with Gasteiger partial charge >= 0.3 is 5.97 Å². The number of halogens is 1. The quantitative estimate of drug-likeness (QED) is 0.774. The summed E-state index contributed by atoms with van der Waals surface area (Å²) in [5.41, 5.74) is -0.578. The molecule has 1 aromatic rings. The van der Waals surface area contributed by atoms with E-state index in [1.165, 1.54) is 18.2 Å². The van der Waals surface area contributed by atoms with Crippen molar-refractivity contribution in [3.8, 4) is 0 Å². The van der Waals surface area contributed by atoms with Crippen molar-refractivity contribution in [2.24, 2.45) is 0 Å². The van der Waals surface area contributed by atoms with E-state index in [4.69, 9.17) is 5.11 Å². The number of rotatable bonds is 5. The minimum atomic E-state index is -1.22. The van der Waals surface area contributed by atoms with Gasteiger partial charge in [0.25, 0.3) is 0 Å². The van der Waals surface area contributed by atoms with Crippen molar-refractivity contribution < 1.29 is 19.1 Å². The van der Waals surface area contributed by atoms with Gasteiger partial charge in [-0.05, 0) is 32.9 Å². The molecule has 3 N–H and O–H groups in total. The van der Waals surface area contributed by atoms with E-state index in [1.807, 2.05) is 20.8 Å². The monoisotopic (exact) mass is 282 g/mol. The largest absolute Gasteiger partial charge is 0.478 e. The summed E-state index contributed by atoms with van der Waals surface area (Å²) < 4.78 is 13.6. The van der Waals surface area contributed by atoms with Crippen molar-refractivity contribution in [1.29, 1.82) is 0 Å². The van der Waals surface area contributed by atoms with E-state index < -0.39 is 11.8 Å². The van der Waals surface area contributed by atoms with Crippen LogP contribution in [-0.4, -0.2) is 29.1 Å². The number of nitrogens with one attached hydrogen (secondary N) is 2. The second kappa shape index (κ2) is 6.36. The van der Waals surface area contributed by atoms with E-state index in [-0.39, 0.29) is 35.7 Å². The number of carboxylic acids is 1. The minimum absolute atomic E-state index is 0.0939. The summed E-state index contributed by atoms with van der Waals surface area (Å²) in [6.45, 7) is 5.73. The topological polar surface area (TPSA) is 78.4 Å². The van der Waals surface area contributed by atoms with Crippen LogP contribution in [0.4, 0.5) is 10.1 Å². The molecule has 0 fully saturated rings. The Hall–Kier alpha value is -2.11. The molecule has 0 aromatic heterocycles. The molecule has 1 amide bonds. The second-order valence-corrected chi connectivity index (χ2v) is 5.44. The number of carbonyl (C=O) groups is 2. The number of carbonyl (C=O) groups excluding carboxylic acids is 1. The Morgan fingerprint density at radius 2 is 1.95 bits per heavy atom. The SMILES string of the molecule is CC(C)(C)NC(=O)CCNc1c(F)cccc1C(=O)O. The molecule has 0 aliphatic heterocycles. The predicted octanol–water partition coefficient (Wildman–Crippen LogP) is 2.24. The third-order valence-corrected chi connectivity index (χ3v) is 2.41. The molecular formula is C14H19FN2O3. The van der Waals surface area contributed by atoms with Crippen LogP contribution in [0.15, 0.2) is 18.2 Å². The molecule has 5 nitrogen and oxygen atoms in total. The molecule has 1 aromatic carbocycles. The van der Waals surface area contributed by atoms with Crippen molar-refractivity contribution in [2.45, 2.75) is 32.7 Å². The maximum absolute atomic E-state index is 13.6. The number of carboxylic acid groups (broad SMARTS) is 1. The van der Waals surface area contributed by atoms with Gasteiger partial charge in [0.1, 0.15) is 5.82 Å². The predicted molar refractivity (Wildman–Crippen MR) is 74.4 cm³/mol. The van der Waals surface area contributed by atoms with Crippen LogP contribution in [0.3, 0.4) is 0 Å². The standard InChI is InChI=1S/C14H19FN2O3/c1-14(2,3)17-11(18)7-8-16-12-9(13(19)20)5-4-6-10(12)15/h4-6,16H,7-8H2,1-3H3,(H,17,18)(H,19,20). The number of hydrogen-bond donors (Lipinski definition) is 3. The summed E-state index contributed by atoms with van der Waals surface area (Å²) in [5.74, 6) is -2.05. The van der Waals surface area contributed by atoms with Crippen LogP contribution in [0, 0.1) is 5.82 Å². The van der Waals surface area contributed by atoms with Gasteiger partial charge in [0.2, 0.25) is 5.91 Å². The van der Waals surface area contributed by atoms with Gasteiger partial charge in [-0.15, -0.1) is 0 Å². The first-order valence-electron chi connectivity index (χ1n) is 6.27. The Labute approximate surface area is 117 Å². The number of para-hydroxylation sites is 1. The second-order valence-electron chi connectivity index (χ2n) is 5.44. The van der Waals surface area contributed by atoms with Gasteiger partial charge in [0.05, 0.1) is 11.3 Å². The molecule has 1 rings (SSSR count). The van der Waals surface area contributed by atoms with Crippen molar-refractivity contribution >= 4 is 17.6 Å². The van der Waals surface area contributed by atoms with E-state index in [2.05, 4.69) is 10.6 Å². The van der Waals surface area contributed by atoms with Gasteiger partial charge in [0, 0.05) is 18.5 Å². The third-order valence-electron chi connectivity index (χ3n) is 2.41. The lowest BCUT2D eigenvalue weighted by Gasteiger charge is -2.20. The lowest BCUT2D eigenvalue weighted by molar-refractivity contribution is -0.122. The maximum atomic E-state index is 13.6. The Morgan fingerprint density at radius 1 is 1.30 bits per heavy atom. The molecular weight excluding hydrogens is 263 g/mol. The lowest BCUT2D eigenvalue weighted by atomic mass is 10.1. The first kappa shape index (κ1) is 15.9. The summed E-state index contributed by atoms with van der Waals surface area (Å²) in [7, 11) is 0. The van der Waals surface area contributed by atoms with Crippen molar-refractivity contribution in [3.63, 3.8) is 0 Å². The summed E-state index contributed by atoms with van der Waals surface area (Å²) in [6.07, 6.45) is 0.130. The molecule has 0 spiro atoms. The minimum Gasteiger partial charge on any atom is -0.478 e. The Morgan fingerprint density at radius 3 is 2.50 bits per heavy atom. The van der Waals surface area contributed by atoms with Gasteiger partial charge in [-0.3, -0.25) is 4.79 Å². The first-order valence-corrected chi connectivity index (χ1v) is 6.27. The average Bonchev–Trinajstić information content (AvgIpc) is 2.28. The van der Waals surface area contributed by atoms with Crippen LogP contribution in [0.2, 0.25) is 0 Å². The number of hydrogen-bond acceptors (Lipinski definition) is 3. The van der Waals surface area contributed by atoms with Gasteiger partial charge in [-0.1, -0.05) is 6.07 Å². The zero-order valence-electron chi connectivity index (χ0n) is 11.8. The molecule has 0 saturated heterocycles. The molecule has 0 bridgehead atoms. The van der Waals surface area contributed by atoms with Crippen molar-refractivity contribution in [1.82, 2.24) is 5.32 Å². The highest BCUT2D eigenvalue weighted by molar-refractivity contribution is 5.94. The molecule has 20 heavy (non-hydrogen) atoms. The van der Waals surface area contributed by atoms with E-state index >= 15 is 0 Å². The molecule has 0 unspecified atom stereocenters. The average molecular weight is 282 g/mol. The van der Waals surface area contributed by atoms with Crippen molar-refractivity contribution in [2.75, 3.05) is 11.9 Å². The number of aromatic carboxylic acids is 1. The van der Waals surface area contributed by atoms with E-state index in [0.717, 1.165) is 0 Å². The fourth-order valence-electron chi connectivity index (χ4n) is 1.66. The fraction of sp³-hybridized carbons (Fsp3) is 0.429. The molecule has 0 aliphatic rings. The van der Waals surface area contributed by atoms with Gasteiger partial charge in [0.15, 0.2) is 0 Å². The van der Waals surface area contributed by atoms with Gasteiger partial charge < -0.3 is 15.7 Å². The van der Waals surface area contributed by atoms with E-state index in [1.54, 1.807) is 0 Å². The smallest absolute Gasteiger partial charge is 0.337 e. The zero-order valence-corrected chi connectivity index (χ0v) is 11.8. The molecule has 6 heteroatoms. The molecule has 0 saturated carbocycles. The Balaban J connectivity index is 2.63. The highest BCUT2D eigenvalue weighted by atomic mass is 19.1. The number of benzene rings is 1. The highest BCUT2D eigenvalue weighted by Crippen LogP contribution is 2.19. The summed E-state index contributed by atoms with van der Waals surface area (Å²) in [6, 6.07) is 3.81. The highest BCUT2D eigenvalue weighted by Gasteiger charge is 2.16. The van der Waals surface area contributed by atoms with E-state index in [9.17, 15) is 14.0 Å². The zero-order chi connectivity index (χ0) is 15.3. The summed E-state index contributed by atoms with van der Waals surface area (Å²) in [4.78, 5) is 22.6. The Kier molecular flexibility index (Phi) is 5.07. The van der Waals surface area contributed by atoms with Gasteiger partial charge in [-0.25, -0.2) is 9.18 Å². The first-order chi connectivity index (χ1) is 9.20. The normalized spacial score (nSPS) is 11.0. The van der Waals surface area contributed by atoms with Crippen LogP contribution in [0.25, 0.3) is 0 Å². The van der Waals surface area contributed by atoms with Gasteiger partial charge in [-0.2, -0.15) is 0 Å². The van der Waals surface area contributed by atoms with E-state index in [0.29, 0.717) is 0 Å². The summed E-state index contributed by atoms with van der Waals surface area (Å²) in [5, 5.41) is 14.4.